The maximum absolute atomic E-state index is 13.1. The Morgan fingerprint density at radius 2 is 2.16 bits per heavy atom. The molecule has 0 aliphatic carbocycles. The van der Waals surface area contributed by atoms with E-state index >= 15 is 0 Å². The van der Waals surface area contributed by atoms with Crippen molar-refractivity contribution in [1.29, 1.82) is 0 Å². The highest BCUT2D eigenvalue weighted by molar-refractivity contribution is 6.05. The molecule has 0 radical (unpaired) electrons. The number of hydrogen-bond donors (Lipinski definition) is 1. The monoisotopic (exact) mass is 259 g/mol. The number of carbonyl (C=O) groups excluding carboxylic acids is 1. The zero-order valence-corrected chi connectivity index (χ0v) is 10.5. The van der Waals surface area contributed by atoms with Crippen LogP contribution in [0, 0.1) is 5.82 Å². The second-order valence-corrected chi connectivity index (χ2v) is 4.13. The van der Waals surface area contributed by atoms with Crippen LogP contribution in [0.25, 0.3) is 0 Å². The van der Waals surface area contributed by atoms with Gasteiger partial charge in [-0.05, 0) is 23.8 Å². The Morgan fingerprint density at radius 1 is 1.37 bits per heavy atom. The Morgan fingerprint density at radius 3 is 2.84 bits per heavy atom. The van der Waals surface area contributed by atoms with Gasteiger partial charge in [-0.1, -0.05) is 12.1 Å². The van der Waals surface area contributed by atoms with Crippen LogP contribution in [0.4, 0.5) is 10.1 Å². The van der Waals surface area contributed by atoms with Gasteiger partial charge < -0.3 is 10.6 Å². The summed E-state index contributed by atoms with van der Waals surface area (Å²) in [5, 5.41) is 0. The van der Waals surface area contributed by atoms with Crippen LogP contribution in [0.3, 0.4) is 0 Å². The maximum Gasteiger partial charge on any atom is 0.259 e. The van der Waals surface area contributed by atoms with Crippen molar-refractivity contribution < 1.29 is 9.18 Å². The van der Waals surface area contributed by atoms with E-state index in [4.69, 9.17) is 5.73 Å². The highest BCUT2D eigenvalue weighted by Crippen LogP contribution is 2.17. The summed E-state index contributed by atoms with van der Waals surface area (Å²) in [6.07, 6.45) is 2.40. The van der Waals surface area contributed by atoms with Gasteiger partial charge in [-0.2, -0.15) is 0 Å². The van der Waals surface area contributed by atoms with Gasteiger partial charge in [0, 0.05) is 25.5 Å². The number of aromatic nitrogens is 1. The molecule has 5 heteroatoms. The minimum atomic E-state index is -0.532. The lowest BCUT2D eigenvalue weighted by molar-refractivity contribution is 0.0992. The molecule has 0 bridgehead atoms. The number of amides is 1. The van der Waals surface area contributed by atoms with Crippen molar-refractivity contribution in [1.82, 2.24) is 4.98 Å². The molecular weight excluding hydrogens is 245 g/mol. The van der Waals surface area contributed by atoms with Crippen molar-refractivity contribution in [2.45, 2.75) is 6.54 Å². The molecule has 2 N–H and O–H groups in total. The molecule has 0 fully saturated rings. The van der Waals surface area contributed by atoms with Crippen molar-refractivity contribution in [3.05, 3.63) is 59.7 Å². The first-order chi connectivity index (χ1) is 9.11. The Bertz CT molecular complexity index is 601. The Hall–Kier alpha value is -2.27. The molecule has 0 unspecified atom stereocenters. The number of rotatable bonds is 3. The molecular formula is C14H14FN3O. The third-order valence-electron chi connectivity index (χ3n) is 2.79. The van der Waals surface area contributed by atoms with Gasteiger partial charge in [-0.15, -0.1) is 0 Å². The molecule has 4 nitrogen and oxygen atoms in total. The lowest BCUT2D eigenvalue weighted by atomic mass is 10.1. The van der Waals surface area contributed by atoms with E-state index in [9.17, 15) is 9.18 Å². The average Bonchev–Trinajstić information content (AvgIpc) is 2.45. The smallest absolute Gasteiger partial charge is 0.259 e. The molecule has 1 heterocycles. The van der Waals surface area contributed by atoms with Gasteiger partial charge >= 0.3 is 0 Å². The van der Waals surface area contributed by atoms with Crippen molar-refractivity contribution in [2.75, 3.05) is 11.9 Å². The van der Waals surface area contributed by atoms with Gasteiger partial charge in [0.2, 0.25) is 0 Å². The van der Waals surface area contributed by atoms with E-state index in [1.165, 1.54) is 17.2 Å². The molecule has 1 aromatic carbocycles. The van der Waals surface area contributed by atoms with E-state index in [0.717, 1.165) is 11.8 Å². The number of halogens is 1. The Labute approximate surface area is 110 Å². The minimum Gasteiger partial charge on any atom is -0.326 e. The molecule has 0 aliphatic rings. The van der Waals surface area contributed by atoms with Crippen LogP contribution in [0.15, 0.2) is 42.7 Å². The number of benzene rings is 1. The third-order valence-corrected chi connectivity index (χ3v) is 2.79. The normalized spacial score (nSPS) is 10.3. The van der Waals surface area contributed by atoms with Crippen molar-refractivity contribution in [3.63, 3.8) is 0 Å². The summed E-state index contributed by atoms with van der Waals surface area (Å²) in [6.45, 7) is 0.400. The summed E-state index contributed by atoms with van der Waals surface area (Å²) >= 11 is 0. The SMILES string of the molecule is CN(C(=O)c1cncc(F)c1)c1cccc(CN)c1. The highest BCUT2D eigenvalue weighted by Gasteiger charge is 2.14. The Balaban J connectivity index is 2.28. The highest BCUT2D eigenvalue weighted by atomic mass is 19.1. The fourth-order valence-corrected chi connectivity index (χ4v) is 1.73. The van der Waals surface area contributed by atoms with E-state index in [0.29, 0.717) is 12.2 Å². The van der Waals surface area contributed by atoms with Gasteiger partial charge in [-0.3, -0.25) is 9.78 Å². The van der Waals surface area contributed by atoms with Crippen molar-refractivity contribution >= 4 is 11.6 Å². The summed E-state index contributed by atoms with van der Waals surface area (Å²) in [4.78, 5) is 17.3. The number of nitrogens with two attached hydrogens (primary N) is 1. The van der Waals surface area contributed by atoms with Crippen molar-refractivity contribution in [2.24, 2.45) is 5.73 Å². The first kappa shape index (κ1) is 13.2. The second-order valence-electron chi connectivity index (χ2n) is 4.13. The first-order valence-electron chi connectivity index (χ1n) is 5.79. The van der Waals surface area contributed by atoms with E-state index in [-0.39, 0.29) is 11.5 Å². The van der Waals surface area contributed by atoms with Gasteiger partial charge in [0.15, 0.2) is 0 Å². The van der Waals surface area contributed by atoms with Crippen LogP contribution in [-0.2, 0) is 6.54 Å². The lowest BCUT2D eigenvalue weighted by Crippen LogP contribution is -2.26. The standard InChI is InChI=1S/C14H14FN3O/c1-18(13-4-2-3-10(5-13)7-16)14(19)11-6-12(15)9-17-8-11/h2-6,8-9H,7,16H2,1H3. The molecule has 0 saturated heterocycles. The molecule has 0 saturated carbocycles. The molecule has 2 rings (SSSR count). The lowest BCUT2D eigenvalue weighted by Gasteiger charge is -2.18. The molecule has 98 valence electrons. The second kappa shape index (κ2) is 5.58. The van der Waals surface area contributed by atoms with E-state index in [2.05, 4.69) is 4.98 Å². The molecule has 0 atom stereocenters. The molecule has 0 aliphatic heterocycles. The van der Waals surface area contributed by atoms with Crippen LogP contribution < -0.4 is 10.6 Å². The van der Waals surface area contributed by atoms with Crippen molar-refractivity contribution in [3.8, 4) is 0 Å². The molecule has 1 aromatic heterocycles. The third kappa shape index (κ3) is 2.95. The number of carbonyl (C=O) groups is 1. The van der Waals surface area contributed by atoms with Crippen LogP contribution in [0.2, 0.25) is 0 Å². The molecule has 0 spiro atoms. The summed E-state index contributed by atoms with van der Waals surface area (Å²) in [5.41, 5.74) is 7.40. The molecule has 1 amide bonds. The fraction of sp³-hybridized carbons (Fsp3) is 0.143. The number of anilines is 1. The molecule has 19 heavy (non-hydrogen) atoms. The first-order valence-corrected chi connectivity index (χ1v) is 5.79. The van der Waals surface area contributed by atoms with Crippen LogP contribution >= 0.6 is 0 Å². The predicted molar refractivity (Wildman–Crippen MR) is 71.3 cm³/mol. The number of hydrogen-bond acceptors (Lipinski definition) is 3. The average molecular weight is 259 g/mol. The Kier molecular flexibility index (Phi) is 3.87. The van der Waals surface area contributed by atoms with E-state index in [1.54, 1.807) is 13.1 Å². The van der Waals surface area contributed by atoms with E-state index < -0.39 is 5.82 Å². The van der Waals surface area contributed by atoms with Crippen LogP contribution in [-0.4, -0.2) is 17.9 Å². The summed E-state index contributed by atoms with van der Waals surface area (Å²) in [6, 6.07) is 8.49. The van der Waals surface area contributed by atoms with Crippen LogP contribution in [0.5, 0.6) is 0 Å². The van der Waals surface area contributed by atoms with E-state index in [1.807, 2.05) is 18.2 Å². The largest absolute Gasteiger partial charge is 0.326 e. The fourth-order valence-electron chi connectivity index (χ4n) is 1.73. The van der Waals surface area contributed by atoms with Gasteiger partial charge in [0.05, 0.1) is 11.8 Å². The molecule has 2 aromatic rings. The number of pyridine rings is 1. The van der Waals surface area contributed by atoms with Gasteiger partial charge in [-0.25, -0.2) is 4.39 Å². The maximum atomic E-state index is 13.1. The van der Waals surface area contributed by atoms with Gasteiger partial charge in [0.25, 0.3) is 5.91 Å². The quantitative estimate of drug-likeness (QED) is 0.916. The van der Waals surface area contributed by atoms with Gasteiger partial charge in [0.1, 0.15) is 5.82 Å². The minimum absolute atomic E-state index is 0.209. The topological polar surface area (TPSA) is 59.2 Å². The summed E-state index contributed by atoms with van der Waals surface area (Å²) < 4.78 is 13.1. The summed E-state index contributed by atoms with van der Waals surface area (Å²) in [7, 11) is 1.63. The van der Waals surface area contributed by atoms with Crippen LogP contribution in [0.1, 0.15) is 15.9 Å². The number of nitrogens with zero attached hydrogens (tertiary/aromatic N) is 2. The zero-order chi connectivity index (χ0) is 13.8. The zero-order valence-electron chi connectivity index (χ0n) is 10.5. The predicted octanol–water partition coefficient (Wildman–Crippen LogP) is 1.96. The summed E-state index contributed by atoms with van der Waals surface area (Å²) in [5.74, 6) is -0.851.